The Morgan fingerprint density at radius 3 is 2.58 bits per heavy atom. The molecule has 19 heavy (non-hydrogen) atoms. The molecular weight excluding hydrogens is 271 g/mol. The number of hydrogen-bond acceptors (Lipinski definition) is 4. The molecule has 0 bridgehead atoms. The summed E-state index contributed by atoms with van der Waals surface area (Å²) in [5.41, 5.74) is -1.04. The Balaban J connectivity index is 2.17. The van der Waals surface area contributed by atoms with Crippen LogP contribution in [-0.2, 0) is 10.0 Å². The van der Waals surface area contributed by atoms with E-state index in [2.05, 4.69) is 5.32 Å². The summed E-state index contributed by atoms with van der Waals surface area (Å²) >= 11 is 0. The second-order valence-corrected chi connectivity index (χ2v) is 6.91. The van der Waals surface area contributed by atoms with Crippen LogP contribution in [0.2, 0.25) is 0 Å². The molecular formula is C12H17FN2O3S. The Morgan fingerprint density at radius 1 is 1.42 bits per heavy atom. The van der Waals surface area contributed by atoms with E-state index in [0.717, 1.165) is 16.4 Å². The van der Waals surface area contributed by atoms with E-state index in [1.54, 1.807) is 0 Å². The summed E-state index contributed by atoms with van der Waals surface area (Å²) in [6, 6.07) is 4.65. The molecule has 0 spiro atoms. The van der Waals surface area contributed by atoms with Gasteiger partial charge in [-0.25, -0.2) is 12.8 Å². The summed E-state index contributed by atoms with van der Waals surface area (Å²) in [4.78, 5) is 0.0194. The van der Waals surface area contributed by atoms with E-state index in [1.807, 2.05) is 0 Å². The van der Waals surface area contributed by atoms with Crippen molar-refractivity contribution in [1.82, 2.24) is 9.62 Å². The number of hydrogen-bond donors (Lipinski definition) is 2. The van der Waals surface area contributed by atoms with Gasteiger partial charge in [0, 0.05) is 20.1 Å². The van der Waals surface area contributed by atoms with Gasteiger partial charge in [-0.05, 0) is 37.2 Å². The van der Waals surface area contributed by atoms with Gasteiger partial charge in [-0.2, -0.15) is 4.31 Å². The van der Waals surface area contributed by atoms with Crippen LogP contribution >= 0.6 is 0 Å². The number of nitrogens with zero attached hydrogens (tertiary/aromatic N) is 1. The molecule has 0 aromatic heterocycles. The highest BCUT2D eigenvalue weighted by molar-refractivity contribution is 7.89. The van der Waals surface area contributed by atoms with Gasteiger partial charge < -0.3 is 10.4 Å². The Labute approximate surface area is 112 Å². The van der Waals surface area contributed by atoms with E-state index in [4.69, 9.17) is 0 Å². The van der Waals surface area contributed by atoms with E-state index in [9.17, 15) is 17.9 Å². The third kappa shape index (κ3) is 3.11. The second kappa shape index (κ2) is 5.16. The average Bonchev–Trinajstić information content (AvgIpc) is 2.76. The molecule has 2 rings (SSSR count). The van der Waals surface area contributed by atoms with Gasteiger partial charge in [0.1, 0.15) is 5.82 Å². The minimum Gasteiger partial charge on any atom is -0.387 e. The molecule has 2 N–H and O–H groups in total. The highest BCUT2D eigenvalue weighted by atomic mass is 32.2. The Bertz CT molecular complexity index is 539. The zero-order valence-electron chi connectivity index (χ0n) is 10.6. The van der Waals surface area contributed by atoms with Gasteiger partial charge in [0.2, 0.25) is 10.0 Å². The van der Waals surface area contributed by atoms with Crippen molar-refractivity contribution in [3.63, 3.8) is 0 Å². The van der Waals surface area contributed by atoms with Crippen molar-refractivity contribution in [2.75, 3.05) is 26.7 Å². The van der Waals surface area contributed by atoms with Crippen molar-refractivity contribution in [2.24, 2.45) is 0 Å². The van der Waals surface area contributed by atoms with Crippen LogP contribution in [-0.4, -0.2) is 50.1 Å². The predicted octanol–water partition coefficient (Wildman–Crippen LogP) is 0.171. The predicted molar refractivity (Wildman–Crippen MR) is 68.7 cm³/mol. The maximum atomic E-state index is 12.8. The van der Waals surface area contributed by atoms with Crippen LogP contribution in [0.25, 0.3) is 0 Å². The number of likely N-dealkylation sites (N-methyl/N-ethyl adjacent to an activating group) is 1. The van der Waals surface area contributed by atoms with Crippen molar-refractivity contribution in [1.29, 1.82) is 0 Å². The average molecular weight is 288 g/mol. The zero-order valence-corrected chi connectivity index (χ0v) is 11.5. The van der Waals surface area contributed by atoms with Crippen LogP contribution in [0.1, 0.15) is 6.42 Å². The standard InChI is InChI=1S/C12H17FN2O3S/c1-15(9-12(16)6-7-14-8-12)19(17,18)11-4-2-10(13)3-5-11/h2-5,14,16H,6-9H2,1H3. The fourth-order valence-corrected chi connectivity index (χ4v) is 3.40. The van der Waals surface area contributed by atoms with E-state index in [0.29, 0.717) is 19.5 Å². The molecule has 1 aromatic carbocycles. The maximum absolute atomic E-state index is 12.8. The lowest BCUT2D eigenvalue weighted by atomic mass is 10.0. The Morgan fingerprint density at radius 2 is 2.05 bits per heavy atom. The third-order valence-corrected chi connectivity index (χ3v) is 5.08. The number of β-amino-alcohol motifs (C(OH)–C–C–N with tert-alkyl or cyclic N) is 1. The first-order valence-corrected chi connectivity index (χ1v) is 7.43. The summed E-state index contributed by atoms with van der Waals surface area (Å²) in [7, 11) is -2.29. The fourth-order valence-electron chi connectivity index (χ4n) is 2.15. The highest BCUT2D eigenvalue weighted by Gasteiger charge is 2.35. The van der Waals surface area contributed by atoms with E-state index >= 15 is 0 Å². The van der Waals surface area contributed by atoms with Gasteiger partial charge in [-0.3, -0.25) is 0 Å². The molecule has 0 saturated carbocycles. The SMILES string of the molecule is CN(CC1(O)CCNC1)S(=O)(=O)c1ccc(F)cc1. The molecule has 5 nitrogen and oxygen atoms in total. The number of benzene rings is 1. The summed E-state index contributed by atoms with van der Waals surface area (Å²) in [6.07, 6.45) is 0.510. The lowest BCUT2D eigenvalue weighted by molar-refractivity contribution is 0.0462. The molecule has 0 aliphatic carbocycles. The van der Waals surface area contributed by atoms with Crippen molar-refractivity contribution >= 4 is 10.0 Å². The molecule has 1 fully saturated rings. The van der Waals surface area contributed by atoms with E-state index in [-0.39, 0.29) is 11.4 Å². The fraction of sp³-hybridized carbons (Fsp3) is 0.500. The van der Waals surface area contributed by atoms with Gasteiger partial charge in [0.15, 0.2) is 0 Å². The molecule has 1 unspecified atom stereocenters. The van der Waals surface area contributed by atoms with Gasteiger partial charge in [0.05, 0.1) is 10.5 Å². The molecule has 1 saturated heterocycles. The zero-order chi connectivity index (χ0) is 14.1. The highest BCUT2D eigenvalue weighted by Crippen LogP contribution is 2.20. The van der Waals surface area contributed by atoms with Crippen molar-refractivity contribution in [2.45, 2.75) is 16.9 Å². The first-order valence-electron chi connectivity index (χ1n) is 5.99. The summed E-state index contributed by atoms with van der Waals surface area (Å²) in [5.74, 6) is -0.486. The van der Waals surface area contributed by atoms with Crippen LogP contribution in [0.4, 0.5) is 4.39 Å². The minimum atomic E-state index is -3.70. The minimum absolute atomic E-state index is 0.0136. The Kier molecular flexibility index (Phi) is 3.91. The van der Waals surface area contributed by atoms with Gasteiger partial charge >= 0.3 is 0 Å². The monoisotopic (exact) mass is 288 g/mol. The van der Waals surface area contributed by atoms with Crippen LogP contribution in [0.5, 0.6) is 0 Å². The summed E-state index contributed by atoms with van der Waals surface area (Å²) in [6.45, 7) is 1.05. The first-order chi connectivity index (χ1) is 8.83. The van der Waals surface area contributed by atoms with Crippen LogP contribution in [0, 0.1) is 5.82 Å². The second-order valence-electron chi connectivity index (χ2n) is 4.87. The summed E-state index contributed by atoms with van der Waals surface area (Å²) in [5, 5.41) is 13.2. The topological polar surface area (TPSA) is 69.6 Å². The van der Waals surface area contributed by atoms with E-state index < -0.39 is 21.4 Å². The maximum Gasteiger partial charge on any atom is 0.242 e. The third-order valence-electron chi connectivity index (χ3n) is 3.26. The number of sulfonamides is 1. The van der Waals surface area contributed by atoms with Crippen molar-refractivity contribution in [3.8, 4) is 0 Å². The number of rotatable bonds is 4. The molecule has 0 radical (unpaired) electrons. The van der Waals surface area contributed by atoms with Crippen LogP contribution in [0.3, 0.4) is 0 Å². The molecule has 7 heteroatoms. The quantitative estimate of drug-likeness (QED) is 0.829. The molecule has 1 aliphatic heterocycles. The molecule has 0 amide bonds. The van der Waals surface area contributed by atoms with Crippen molar-refractivity contribution < 1.29 is 17.9 Å². The lowest BCUT2D eigenvalue weighted by Crippen LogP contribution is -2.45. The van der Waals surface area contributed by atoms with E-state index in [1.165, 1.54) is 19.2 Å². The first kappa shape index (κ1) is 14.4. The number of aliphatic hydroxyl groups is 1. The van der Waals surface area contributed by atoms with Gasteiger partial charge in [-0.1, -0.05) is 0 Å². The molecule has 106 valence electrons. The smallest absolute Gasteiger partial charge is 0.242 e. The summed E-state index contributed by atoms with van der Waals surface area (Å²) < 4.78 is 38.4. The normalized spacial score (nSPS) is 24.0. The van der Waals surface area contributed by atoms with Gasteiger partial charge in [0.25, 0.3) is 0 Å². The van der Waals surface area contributed by atoms with Crippen molar-refractivity contribution in [3.05, 3.63) is 30.1 Å². The van der Waals surface area contributed by atoms with Crippen LogP contribution < -0.4 is 5.32 Å². The molecule has 1 atom stereocenters. The lowest BCUT2D eigenvalue weighted by Gasteiger charge is -2.27. The largest absolute Gasteiger partial charge is 0.387 e. The Hall–Kier alpha value is -1.02. The van der Waals surface area contributed by atoms with Gasteiger partial charge in [-0.15, -0.1) is 0 Å². The van der Waals surface area contributed by atoms with Crippen LogP contribution in [0.15, 0.2) is 29.2 Å². The molecule has 1 aromatic rings. The number of nitrogens with one attached hydrogen (secondary N) is 1. The number of halogens is 1. The molecule has 1 aliphatic rings. The molecule has 1 heterocycles.